The van der Waals surface area contributed by atoms with Gasteiger partial charge in [-0.3, -0.25) is 4.79 Å². The number of esters is 1. The van der Waals surface area contributed by atoms with E-state index in [1.54, 1.807) is 0 Å². The minimum Gasteiger partial charge on any atom is -0.459 e. The van der Waals surface area contributed by atoms with Gasteiger partial charge in [-0.25, -0.2) is 0 Å². The lowest BCUT2D eigenvalue weighted by Crippen LogP contribution is -3.14. The van der Waals surface area contributed by atoms with Crippen LogP contribution in [0.3, 0.4) is 0 Å². The smallest absolute Gasteiger partial charge is 0.316 e. The van der Waals surface area contributed by atoms with Gasteiger partial charge in [-0.05, 0) is 0 Å². The lowest BCUT2D eigenvalue weighted by molar-refractivity contribution is -0.908. The number of hydrogen-bond acceptors (Lipinski definition) is 3. The standard InChI is InChI=1S/C8H14BrNO3/c9-7-8(11)13-6-3-10-1-4-12-5-2-10/h1-7H2/p+1. The lowest BCUT2D eigenvalue weighted by atomic mass is 10.4. The van der Waals surface area contributed by atoms with E-state index >= 15 is 0 Å². The van der Waals surface area contributed by atoms with Crippen molar-refractivity contribution in [3.8, 4) is 0 Å². The maximum absolute atomic E-state index is 10.8. The molecule has 5 heteroatoms. The van der Waals surface area contributed by atoms with E-state index < -0.39 is 0 Å². The summed E-state index contributed by atoms with van der Waals surface area (Å²) in [5.41, 5.74) is 0. The Morgan fingerprint density at radius 3 is 2.77 bits per heavy atom. The van der Waals surface area contributed by atoms with Crippen molar-refractivity contribution in [1.82, 2.24) is 0 Å². The molecule has 0 aromatic carbocycles. The number of rotatable bonds is 4. The van der Waals surface area contributed by atoms with Crippen LogP contribution in [0, 0.1) is 0 Å². The average molecular weight is 253 g/mol. The number of hydrogen-bond donors (Lipinski definition) is 1. The van der Waals surface area contributed by atoms with E-state index in [-0.39, 0.29) is 11.3 Å². The average Bonchev–Trinajstić information content (AvgIpc) is 2.19. The quantitative estimate of drug-likeness (QED) is 0.507. The molecule has 4 nitrogen and oxygen atoms in total. The second-order valence-corrected chi connectivity index (χ2v) is 3.53. The number of ether oxygens (including phenoxy) is 2. The Morgan fingerprint density at radius 2 is 2.15 bits per heavy atom. The Balaban J connectivity index is 2.01. The van der Waals surface area contributed by atoms with E-state index in [2.05, 4.69) is 15.9 Å². The Kier molecular flexibility index (Phi) is 5.34. The van der Waals surface area contributed by atoms with E-state index in [1.165, 1.54) is 4.90 Å². The minimum atomic E-state index is -0.187. The van der Waals surface area contributed by atoms with Crippen LogP contribution in [0.5, 0.6) is 0 Å². The Labute approximate surface area is 86.3 Å². The molecule has 0 aromatic rings. The van der Waals surface area contributed by atoms with E-state index in [9.17, 15) is 4.79 Å². The van der Waals surface area contributed by atoms with E-state index in [0.717, 1.165) is 32.8 Å². The van der Waals surface area contributed by atoms with Crippen molar-refractivity contribution in [1.29, 1.82) is 0 Å². The molecule has 0 spiro atoms. The molecule has 1 N–H and O–H groups in total. The molecule has 0 aromatic heterocycles. The fourth-order valence-corrected chi connectivity index (χ4v) is 1.42. The fourth-order valence-electron chi connectivity index (χ4n) is 1.26. The van der Waals surface area contributed by atoms with Gasteiger partial charge in [0.25, 0.3) is 0 Å². The number of quaternary nitrogens is 1. The van der Waals surface area contributed by atoms with Gasteiger partial charge in [-0.2, -0.15) is 0 Å². The van der Waals surface area contributed by atoms with Crippen molar-refractivity contribution >= 4 is 21.9 Å². The number of morpholine rings is 1. The van der Waals surface area contributed by atoms with Crippen molar-refractivity contribution in [3.05, 3.63) is 0 Å². The summed E-state index contributed by atoms with van der Waals surface area (Å²) in [6.07, 6.45) is 0. The highest BCUT2D eigenvalue weighted by Gasteiger charge is 2.13. The van der Waals surface area contributed by atoms with Crippen molar-refractivity contribution in [2.24, 2.45) is 0 Å². The molecule has 76 valence electrons. The maximum Gasteiger partial charge on any atom is 0.316 e. The molecule has 1 aliphatic rings. The van der Waals surface area contributed by atoms with Gasteiger partial charge in [0.05, 0.1) is 13.2 Å². The molecule has 0 atom stereocenters. The minimum absolute atomic E-state index is 0.187. The van der Waals surface area contributed by atoms with Gasteiger partial charge >= 0.3 is 5.97 Å². The first-order valence-corrected chi connectivity index (χ1v) is 5.58. The summed E-state index contributed by atoms with van der Waals surface area (Å²) < 4.78 is 10.2. The maximum atomic E-state index is 10.8. The van der Waals surface area contributed by atoms with Crippen molar-refractivity contribution < 1.29 is 19.2 Å². The lowest BCUT2D eigenvalue weighted by Gasteiger charge is -2.23. The highest BCUT2D eigenvalue weighted by molar-refractivity contribution is 9.09. The van der Waals surface area contributed by atoms with Crippen LogP contribution in [-0.2, 0) is 14.3 Å². The summed E-state index contributed by atoms with van der Waals surface area (Å²) in [4.78, 5) is 12.2. The van der Waals surface area contributed by atoms with Crippen LogP contribution in [0.1, 0.15) is 0 Å². The van der Waals surface area contributed by atoms with Crippen LogP contribution >= 0.6 is 15.9 Å². The molecule has 0 unspecified atom stereocenters. The first-order chi connectivity index (χ1) is 6.33. The monoisotopic (exact) mass is 252 g/mol. The first kappa shape index (κ1) is 10.9. The molecule has 0 amide bonds. The molecule has 0 aliphatic carbocycles. The van der Waals surface area contributed by atoms with Gasteiger partial charge in [-0.15, -0.1) is 0 Å². The molecular formula is C8H15BrNO3+. The number of carbonyl (C=O) groups is 1. The van der Waals surface area contributed by atoms with Gasteiger partial charge < -0.3 is 14.4 Å². The van der Waals surface area contributed by atoms with Crippen molar-refractivity contribution in [2.75, 3.05) is 44.8 Å². The summed E-state index contributed by atoms with van der Waals surface area (Å²) in [5.74, 6) is -0.187. The third-order valence-electron chi connectivity index (χ3n) is 2.03. The second-order valence-electron chi connectivity index (χ2n) is 2.97. The normalized spacial score (nSPS) is 18.5. The largest absolute Gasteiger partial charge is 0.459 e. The molecule has 0 bridgehead atoms. The third kappa shape index (κ3) is 4.59. The molecule has 1 saturated heterocycles. The SMILES string of the molecule is O=C(CBr)OCC[NH+]1CCOCC1. The summed E-state index contributed by atoms with van der Waals surface area (Å²) in [6.45, 7) is 5.09. The zero-order chi connectivity index (χ0) is 9.52. The Morgan fingerprint density at radius 1 is 1.46 bits per heavy atom. The summed E-state index contributed by atoms with van der Waals surface area (Å²) in [5, 5.41) is 0.283. The van der Waals surface area contributed by atoms with E-state index in [4.69, 9.17) is 9.47 Å². The highest BCUT2D eigenvalue weighted by atomic mass is 79.9. The van der Waals surface area contributed by atoms with Crippen molar-refractivity contribution in [3.63, 3.8) is 0 Å². The Bertz CT molecular complexity index is 159. The molecule has 1 rings (SSSR count). The van der Waals surface area contributed by atoms with Gasteiger partial charge in [0.1, 0.15) is 31.6 Å². The van der Waals surface area contributed by atoms with Gasteiger partial charge in [-0.1, -0.05) is 15.9 Å². The molecular weight excluding hydrogens is 238 g/mol. The van der Waals surface area contributed by atoms with Crippen LogP contribution in [-0.4, -0.2) is 50.8 Å². The summed E-state index contributed by atoms with van der Waals surface area (Å²) in [6, 6.07) is 0. The van der Waals surface area contributed by atoms with Crippen LogP contribution in [0.4, 0.5) is 0 Å². The highest BCUT2D eigenvalue weighted by Crippen LogP contribution is 1.83. The van der Waals surface area contributed by atoms with Gasteiger partial charge in [0.15, 0.2) is 0 Å². The zero-order valence-electron chi connectivity index (χ0n) is 7.55. The molecule has 0 saturated carbocycles. The van der Waals surface area contributed by atoms with E-state index in [0.29, 0.717) is 6.61 Å². The van der Waals surface area contributed by atoms with Gasteiger partial charge in [0.2, 0.25) is 0 Å². The molecule has 1 aliphatic heterocycles. The van der Waals surface area contributed by atoms with Gasteiger partial charge in [0, 0.05) is 0 Å². The topological polar surface area (TPSA) is 40.0 Å². The molecule has 13 heavy (non-hydrogen) atoms. The van der Waals surface area contributed by atoms with Crippen LogP contribution in [0.15, 0.2) is 0 Å². The molecule has 1 fully saturated rings. The van der Waals surface area contributed by atoms with Crippen molar-refractivity contribution in [2.45, 2.75) is 0 Å². The number of nitrogens with one attached hydrogen (secondary N) is 1. The summed E-state index contributed by atoms with van der Waals surface area (Å²) >= 11 is 3.04. The number of alkyl halides is 1. The summed E-state index contributed by atoms with van der Waals surface area (Å²) in [7, 11) is 0. The zero-order valence-corrected chi connectivity index (χ0v) is 9.14. The predicted molar refractivity (Wildman–Crippen MR) is 51.1 cm³/mol. The fraction of sp³-hybridized carbons (Fsp3) is 0.875. The second kappa shape index (κ2) is 6.34. The third-order valence-corrected chi connectivity index (χ3v) is 2.49. The molecule has 0 radical (unpaired) electrons. The van der Waals surface area contributed by atoms with E-state index in [1.807, 2.05) is 0 Å². The number of halogens is 1. The predicted octanol–water partition coefficient (Wildman–Crippen LogP) is -1.16. The van der Waals surface area contributed by atoms with Crippen LogP contribution < -0.4 is 4.90 Å². The number of carbonyl (C=O) groups excluding carboxylic acids is 1. The van der Waals surface area contributed by atoms with Crippen LogP contribution in [0.25, 0.3) is 0 Å². The first-order valence-electron chi connectivity index (χ1n) is 4.46. The Hall–Kier alpha value is -0.130. The van der Waals surface area contributed by atoms with Crippen LogP contribution in [0.2, 0.25) is 0 Å². The molecule has 1 heterocycles.